The molecule has 0 saturated carbocycles. The molecule has 0 atom stereocenters. The van der Waals surface area contributed by atoms with E-state index in [1.54, 1.807) is 6.07 Å². The normalized spacial score (nSPS) is 10.6. The number of nitrogens with zero attached hydrogens (tertiary/aromatic N) is 2. The minimum absolute atomic E-state index is 0.222. The summed E-state index contributed by atoms with van der Waals surface area (Å²) in [5.74, 6) is 1.10. The molecule has 3 nitrogen and oxygen atoms in total. The molecule has 0 amide bonds. The molecule has 5 heteroatoms. The van der Waals surface area contributed by atoms with Crippen LogP contribution >= 0.6 is 23.2 Å². The average Bonchev–Trinajstić information content (AvgIpc) is 2.70. The Morgan fingerprint density at radius 3 is 2.73 bits per heavy atom. The minimum atomic E-state index is 0.222. The van der Waals surface area contributed by atoms with Crippen molar-refractivity contribution in [3.05, 3.63) is 34.7 Å². The third-order valence-electron chi connectivity index (χ3n) is 1.99. The smallest absolute Gasteiger partial charge is 0.247 e. The fourth-order valence-electron chi connectivity index (χ4n) is 1.20. The van der Waals surface area contributed by atoms with Gasteiger partial charge in [0.2, 0.25) is 11.8 Å². The minimum Gasteiger partial charge on any atom is -0.419 e. The van der Waals surface area contributed by atoms with Crippen LogP contribution in [-0.4, -0.2) is 10.2 Å². The van der Waals surface area contributed by atoms with E-state index in [2.05, 4.69) is 10.2 Å². The summed E-state index contributed by atoms with van der Waals surface area (Å²) < 4.78 is 5.32. The van der Waals surface area contributed by atoms with Gasteiger partial charge in [0.05, 0.1) is 0 Å². The number of benzene rings is 1. The van der Waals surface area contributed by atoms with E-state index >= 15 is 0 Å². The first-order valence-electron chi connectivity index (χ1n) is 4.35. The summed E-state index contributed by atoms with van der Waals surface area (Å²) in [5, 5.41) is 8.38. The molecule has 0 aliphatic rings. The topological polar surface area (TPSA) is 38.9 Å². The van der Waals surface area contributed by atoms with Crippen molar-refractivity contribution < 1.29 is 4.42 Å². The number of rotatable bonds is 2. The first kappa shape index (κ1) is 10.5. The zero-order valence-corrected chi connectivity index (χ0v) is 9.51. The standard InChI is InChI=1S/C10H8Cl2N2O/c1-6-4-7(2-3-8(6)12)10-14-13-9(5-11)15-10/h2-4H,5H2,1H3. The van der Waals surface area contributed by atoms with Gasteiger partial charge in [0.1, 0.15) is 5.88 Å². The quantitative estimate of drug-likeness (QED) is 0.758. The summed E-state index contributed by atoms with van der Waals surface area (Å²) in [6, 6.07) is 5.53. The van der Waals surface area contributed by atoms with Crippen LogP contribution in [0.25, 0.3) is 11.5 Å². The van der Waals surface area contributed by atoms with E-state index < -0.39 is 0 Å². The van der Waals surface area contributed by atoms with E-state index in [9.17, 15) is 0 Å². The van der Waals surface area contributed by atoms with Crippen molar-refractivity contribution in [3.63, 3.8) is 0 Å². The molecule has 0 unspecified atom stereocenters. The molecule has 15 heavy (non-hydrogen) atoms. The molecule has 0 spiro atoms. The number of aromatic nitrogens is 2. The predicted molar refractivity (Wildman–Crippen MR) is 59.0 cm³/mol. The highest BCUT2D eigenvalue weighted by molar-refractivity contribution is 6.31. The fraction of sp³-hybridized carbons (Fsp3) is 0.200. The highest BCUT2D eigenvalue weighted by Gasteiger charge is 2.08. The Hall–Kier alpha value is -1.06. The highest BCUT2D eigenvalue weighted by atomic mass is 35.5. The van der Waals surface area contributed by atoms with Crippen LogP contribution in [0.1, 0.15) is 11.5 Å². The molecule has 0 N–H and O–H groups in total. The fourth-order valence-corrected chi connectivity index (χ4v) is 1.43. The molecule has 2 rings (SSSR count). The van der Waals surface area contributed by atoms with Crippen LogP contribution in [0.5, 0.6) is 0 Å². The highest BCUT2D eigenvalue weighted by Crippen LogP contribution is 2.23. The van der Waals surface area contributed by atoms with Crippen molar-refractivity contribution in [2.75, 3.05) is 0 Å². The first-order valence-corrected chi connectivity index (χ1v) is 5.27. The zero-order valence-electron chi connectivity index (χ0n) is 8.00. The zero-order chi connectivity index (χ0) is 10.8. The van der Waals surface area contributed by atoms with E-state index in [0.717, 1.165) is 16.1 Å². The molecule has 0 saturated heterocycles. The van der Waals surface area contributed by atoms with Crippen LogP contribution in [0.4, 0.5) is 0 Å². The Kier molecular flexibility index (Phi) is 2.93. The van der Waals surface area contributed by atoms with E-state index in [0.29, 0.717) is 11.8 Å². The summed E-state index contributed by atoms with van der Waals surface area (Å²) in [4.78, 5) is 0. The number of hydrogen-bond donors (Lipinski definition) is 0. The summed E-state index contributed by atoms with van der Waals surface area (Å²) >= 11 is 11.5. The molecule has 2 aromatic rings. The molecule has 1 heterocycles. The summed E-state index contributed by atoms with van der Waals surface area (Å²) in [7, 11) is 0. The second-order valence-corrected chi connectivity index (χ2v) is 3.77. The lowest BCUT2D eigenvalue weighted by Crippen LogP contribution is -1.80. The SMILES string of the molecule is Cc1cc(-c2nnc(CCl)o2)ccc1Cl. The number of alkyl halides is 1. The molecule has 0 aliphatic heterocycles. The van der Waals surface area contributed by atoms with E-state index in [1.807, 2.05) is 19.1 Å². The van der Waals surface area contributed by atoms with Gasteiger partial charge in [-0.05, 0) is 30.7 Å². The lowest BCUT2D eigenvalue weighted by molar-refractivity contribution is 0.527. The van der Waals surface area contributed by atoms with Crippen molar-refractivity contribution in [2.24, 2.45) is 0 Å². The van der Waals surface area contributed by atoms with Gasteiger partial charge in [-0.15, -0.1) is 21.8 Å². The van der Waals surface area contributed by atoms with Crippen molar-refractivity contribution in [1.29, 1.82) is 0 Å². The maximum Gasteiger partial charge on any atom is 0.247 e. The van der Waals surface area contributed by atoms with Gasteiger partial charge in [0, 0.05) is 10.6 Å². The van der Waals surface area contributed by atoms with Crippen LogP contribution in [0.15, 0.2) is 22.6 Å². The van der Waals surface area contributed by atoms with Gasteiger partial charge in [-0.3, -0.25) is 0 Å². The monoisotopic (exact) mass is 242 g/mol. The second kappa shape index (κ2) is 4.21. The van der Waals surface area contributed by atoms with Crippen LogP contribution in [0.3, 0.4) is 0 Å². The molecule has 0 radical (unpaired) electrons. The van der Waals surface area contributed by atoms with E-state index in [1.165, 1.54) is 0 Å². The van der Waals surface area contributed by atoms with Crippen molar-refractivity contribution in [3.8, 4) is 11.5 Å². The molecule has 1 aromatic carbocycles. The van der Waals surface area contributed by atoms with Gasteiger partial charge in [0.25, 0.3) is 0 Å². The van der Waals surface area contributed by atoms with E-state index in [4.69, 9.17) is 27.6 Å². The predicted octanol–water partition coefficient (Wildman–Crippen LogP) is 3.44. The maximum atomic E-state index is 5.91. The van der Waals surface area contributed by atoms with Crippen LogP contribution in [0, 0.1) is 6.92 Å². The Bertz CT molecular complexity index is 482. The van der Waals surface area contributed by atoms with Crippen molar-refractivity contribution in [2.45, 2.75) is 12.8 Å². The third-order valence-corrected chi connectivity index (χ3v) is 2.64. The van der Waals surface area contributed by atoms with Crippen LogP contribution < -0.4 is 0 Å². The van der Waals surface area contributed by atoms with Crippen molar-refractivity contribution >= 4 is 23.2 Å². The van der Waals surface area contributed by atoms with Gasteiger partial charge in [0.15, 0.2) is 0 Å². The van der Waals surface area contributed by atoms with Gasteiger partial charge in [-0.2, -0.15) is 0 Å². The maximum absolute atomic E-state index is 5.91. The molecule has 0 bridgehead atoms. The average molecular weight is 243 g/mol. The molecule has 0 fully saturated rings. The molecule has 78 valence electrons. The molecular weight excluding hydrogens is 235 g/mol. The van der Waals surface area contributed by atoms with Crippen LogP contribution in [0.2, 0.25) is 5.02 Å². The Balaban J connectivity index is 2.40. The summed E-state index contributed by atoms with van der Waals surface area (Å²) in [5.41, 5.74) is 1.82. The number of hydrogen-bond acceptors (Lipinski definition) is 3. The molecule has 1 aromatic heterocycles. The van der Waals surface area contributed by atoms with Gasteiger partial charge in [-0.25, -0.2) is 0 Å². The van der Waals surface area contributed by atoms with Gasteiger partial charge >= 0.3 is 0 Å². The second-order valence-electron chi connectivity index (χ2n) is 3.10. The lowest BCUT2D eigenvalue weighted by Gasteiger charge is -1.99. The third kappa shape index (κ3) is 2.13. The van der Waals surface area contributed by atoms with Gasteiger partial charge in [-0.1, -0.05) is 11.6 Å². The number of halogens is 2. The summed E-state index contributed by atoms with van der Waals surface area (Å²) in [6.07, 6.45) is 0. The first-order chi connectivity index (χ1) is 7.20. The van der Waals surface area contributed by atoms with Crippen LogP contribution in [-0.2, 0) is 5.88 Å². The Morgan fingerprint density at radius 1 is 1.33 bits per heavy atom. The Labute approximate surface area is 97.0 Å². The largest absolute Gasteiger partial charge is 0.419 e. The van der Waals surface area contributed by atoms with Gasteiger partial charge < -0.3 is 4.42 Å². The lowest BCUT2D eigenvalue weighted by atomic mass is 10.1. The molecular formula is C10H8Cl2N2O. The number of aryl methyl sites for hydroxylation is 1. The Morgan fingerprint density at radius 2 is 2.13 bits per heavy atom. The summed E-state index contributed by atoms with van der Waals surface area (Å²) in [6.45, 7) is 1.92. The van der Waals surface area contributed by atoms with E-state index in [-0.39, 0.29) is 5.88 Å². The van der Waals surface area contributed by atoms with Crippen molar-refractivity contribution in [1.82, 2.24) is 10.2 Å². The molecule has 0 aliphatic carbocycles.